The van der Waals surface area contributed by atoms with Crippen LogP contribution in [-0.4, -0.2) is 38.5 Å². The zero-order chi connectivity index (χ0) is 15.3. The lowest BCUT2D eigenvalue weighted by Gasteiger charge is -2.19. The summed E-state index contributed by atoms with van der Waals surface area (Å²) in [5.41, 5.74) is 7.43. The summed E-state index contributed by atoms with van der Waals surface area (Å²) < 4.78 is 0. The third kappa shape index (κ3) is 3.88. The molecule has 1 rings (SSSR count). The second kappa shape index (κ2) is 6.79. The summed E-state index contributed by atoms with van der Waals surface area (Å²) in [5.74, 6) is -0.532. The van der Waals surface area contributed by atoms with Gasteiger partial charge >= 0.3 is 0 Å². The first-order valence-electron chi connectivity index (χ1n) is 6.52. The average Bonchev–Trinajstić information content (AvgIpc) is 2.38. The number of nitrogen functional groups attached to an aromatic ring is 1. The van der Waals surface area contributed by atoms with Crippen molar-refractivity contribution in [2.75, 3.05) is 31.3 Å². The van der Waals surface area contributed by atoms with E-state index in [2.05, 4.69) is 10.6 Å². The summed E-state index contributed by atoms with van der Waals surface area (Å²) in [4.78, 5) is 25.7. The highest BCUT2D eigenvalue weighted by Gasteiger charge is 2.19. The third-order valence-electron chi connectivity index (χ3n) is 2.84. The molecule has 1 unspecified atom stereocenters. The minimum atomic E-state index is -0.598. The molecule has 6 heteroatoms. The number of amides is 2. The molecule has 0 radical (unpaired) electrons. The molecule has 0 aliphatic heterocycles. The number of rotatable bonds is 5. The Labute approximate surface area is 119 Å². The number of carbonyl (C=O) groups excluding carboxylic acids is 2. The van der Waals surface area contributed by atoms with Crippen LogP contribution in [0.4, 0.5) is 11.4 Å². The molecule has 2 amide bonds. The summed E-state index contributed by atoms with van der Waals surface area (Å²) in [6, 6.07) is 4.52. The maximum absolute atomic E-state index is 12.3. The Morgan fingerprint density at radius 1 is 1.35 bits per heavy atom. The number of benzene rings is 1. The van der Waals surface area contributed by atoms with Crippen molar-refractivity contribution >= 4 is 23.2 Å². The first kappa shape index (κ1) is 15.8. The van der Waals surface area contributed by atoms with E-state index in [4.69, 9.17) is 5.73 Å². The van der Waals surface area contributed by atoms with Crippen LogP contribution in [0.2, 0.25) is 0 Å². The second-order valence-electron chi connectivity index (χ2n) is 4.76. The van der Waals surface area contributed by atoms with Gasteiger partial charge in [0.05, 0.1) is 5.56 Å². The number of nitrogens with zero attached hydrogens (tertiary/aromatic N) is 1. The van der Waals surface area contributed by atoms with Crippen molar-refractivity contribution in [3.8, 4) is 0 Å². The van der Waals surface area contributed by atoms with Gasteiger partial charge in [-0.25, -0.2) is 0 Å². The van der Waals surface area contributed by atoms with Crippen LogP contribution in [-0.2, 0) is 4.79 Å². The molecule has 0 aliphatic carbocycles. The van der Waals surface area contributed by atoms with Crippen LogP contribution in [0.25, 0.3) is 0 Å². The Kier molecular flexibility index (Phi) is 5.37. The monoisotopic (exact) mass is 278 g/mol. The molecular weight excluding hydrogens is 256 g/mol. The van der Waals surface area contributed by atoms with Crippen LogP contribution in [0.3, 0.4) is 0 Å². The van der Waals surface area contributed by atoms with E-state index >= 15 is 0 Å². The molecule has 0 aromatic heterocycles. The summed E-state index contributed by atoms with van der Waals surface area (Å²) in [6.45, 7) is 4.00. The van der Waals surface area contributed by atoms with E-state index in [-0.39, 0.29) is 11.8 Å². The van der Waals surface area contributed by atoms with Gasteiger partial charge in [0, 0.05) is 32.0 Å². The number of nitrogens with one attached hydrogen (secondary N) is 2. The number of hydrogen-bond acceptors (Lipinski definition) is 4. The van der Waals surface area contributed by atoms with Crippen LogP contribution in [0, 0.1) is 0 Å². The Balaban J connectivity index is 2.92. The molecule has 0 heterocycles. The summed E-state index contributed by atoms with van der Waals surface area (Å²) in [5, 5.41) is 5.33. The number of likely N-dealkylation sites (N-methyl/N-ethyl adjacent to an activating group) is 1. The van der Waals surface area contributed by atoms with E-state index < -0.39 is 6.04 Å². The van der Waals surface area contributed by atoms with Gasteiger partial charge in [-0.3, -0.25) is 9.59 Å². The molecule has 0 spiro atoms. The van der Waals surface area contributed by atoms with Crippen LogP contribution in [0.5, 0.6) is 0 Å². The normalized spacial score (nSPS) is 11.6. The molecule has 1 atom stereocenters. The fourth-order valence-corrected chi connectivity index (χ4v) is 1.79. The maximum Gasteiger partial charge on any atom is 0.254 e. The number of carbonyl (C=O) groups is 2. The van der Waals surface area contributed by atoms with Crippen molar-refractivity contribution in [3.63, 3.8) is 0 Å². The van der Waals surface area contributed by atoms with Gasteiger partial charge in [0.1, 0.15) is 6.04 Å². The Morgan fingerprint density at radius 2 is 2.00 bits per heavy atom. The van der Waals surface area contributed by atoms with E-state index in [1.807, 2.05) is 25.9 Å². The minimum Gasteiger partial charge on any atom is -0.399 e. The highest BCUT2D eigenvalue weighted by atomic mass is 16.2. The molecule has 4 N–H and O–H groups in total. The lowest BCUT2D eigenvalue weighted by Crippen LogP contribution is -2.45. The zero-order valence-electron chi connectivity index (χ0n) is 12.4. The summed E-state index contributed by atoms with van der Waals surface area (Å²) in [6.07, 6.45) is 0. The van der Waals surface area contributed by atoms with Gasteiger partial charge in [-0.15, -0.1) is 0 Å². The number of nitrogens with two attached hydrogens (primary N) is 1. The maximum atomic E-state index is 12.3. The van der Waals surface area contributed by atoms with E-state index in [0.29, 0.717) is 17.8 Å². The molecule has 0 saturated heterocycles. The predicted octanol–water partition coefficient (Wildman–Crippen LogP) is 0.589. The van der Waals surface area contributed by atoms with Crippen LogP contribution < -0.4 is 21.3 Å². The van der Waals surface area contributed by atoms with Crippen LogP contribution in [0.1, 0.15) is 24.2 Å². The van der Waals surface area contributed by atoms with Crippen molar-refractivity contribution in [1.82, 2.24) is 10.6 Å². The Hall–Kier alpha value is -2.24. The zero-order valence-corrected chi connectivity index (χ0v) is 12.4. The largest absolute Gasteiger partial charge is 0.399 e. The van der Waals surface area contributed by atoms with E-state index in [1.54, 1.807) is 25.1 Å². The fraction of sp³-hybridized carbons (Fsp3) is 0.429. The molecule has 0 aliphatic rings. The van der Waals surface area contributed by atoms with E-state index in [1.165, 1.54) is 0 Å². The molecule has 0 saturated carbocycles. The van der Waals surface area contributed by atoms with Gasteiger partial charge < -0.3 is 21.3 Å². The molecule has 0 bridgehead atoms. The highest BCUT2D eigenvalue weighted by Crippen LogP contribution is 2.21. The van der Waals surface area contributed by atoms with Gasteiger partial charge in [-0.2, -0.15) is 0 Å². The molecule has 0 fully saturated rings. The first-order valence-corrected chi connectivity index (χ1v) is 6.52. The first-order chi connectivity index (χ1) is 9.36. The van der Waals surface area contributed by atoms with Crippen LogP contribution in [0.15, 0.2) is 18.2 Å². The Morgan fingerprint density at radius 3 is 2.55 bits per heavy atom. The van der Waals surface area contributed by atoms with E-state index in [9.17, 15) is 9.59 Å². The fourth-order valence-electron chi connectivity index (χ4n) is 1.79. The molecule has 20 heavy (non-hydrogen) atoms. The van der Waals surface area contributed by atoms with Crippen molar-refractivity contribution < 1.29 is 9.59 Å². The molecule has 110 valence electrons. The molecule has 6 nitrogen and oxygen atoms in total. The lowest BCUT2D eigenvalue weighted by atomic mass is 10.1. The summed E-state index contributed by atoms with van der Waals surface area (Å²) in [7, 11) is 3.69. The van der Waals surface area contributed by atoms with E-state index in [0.717, 1.165) is 5.69 Å². The van der Waals surface area contributed by atoms with Gasteiger partial charge in [0.15, 0.2) is 0 Å². The lowest BCUT2D eigenvalue weighted by molar-refractivity contribution is -0.122. The Bertz CT molecular complexity index is 500. The third-order valence-corrected chi connectivity index (χ3v) is 2.84. The molecule has 1 aromatic carbocycles. The quantitative estimate of drug-likeness (QED) is 0.688. The van der Waals surface area contributed by atoms with Gasteiger partial charge in [-0.05, 0) is 32.0 Å². The summed E-state index contributed by atoms with van der Waals surface area (Å²) >= 11 is 0. The topological polar surface area (TPSA) is 87.5 Å². The standard InChI is InChI=1S/C14H22N4O2/c1-5-16-13(19)9(2)17-14(20)11-8-10(15)6-7-12(11)18(3)4/h6-9H,5,15H2,1-4H3,(H,16,19)(H,17,20). The highest BCUT2D eigenvalue weighted by molar-refractivity contribution is 6.02. The van der Waals surface area contributed by atoms with Crippen molar-refractivity contribution in [2.45, 2.75) is 19.9 Å². The van der Waals surface area contributed by atoms with Gasteiger partial charge in [0.25, 0.3) is 5.91 Å². The number of hydrogen-bond donors (Lipinski definition) is 3. The van der Waals surface area contributed by atoms with Crippen molar-refractivity contribution in [3.05, 3.63) is 23.8 Å². The number of anilines is 2. The smallest absolute Gasteiger partial charge is 0.254 e. The second-order valence-corrected chi connectivity index (χ2v) is 4.76. The SMILES string of the molecule is CCNC(=O)C(C)NC(=O)c1cc(N)ccc1N(C)C. The van der Waals surface area contributed by atoms with Crippen molar-refractivity contribution in [2.24, 2.45) is 0 Å². The van der Waals surface area contributed by atoms with Gasteiger partial charge in [-0.1, -0.05) is 0 Å². The van der Waals surface area contributed by atoms with Crippen molar-refractivity contribution in [1.29, 1.82) is 0 Å². The average molecular weight is 278 g/mol. The predicted molar refractivity (Wildman–Crippen MR) is 80.8 cm³/mol. The molecular formula is C14H22N4O2. The van der Waals surface area contributed by atoms with Crippen LogP contribution >= 0.6 is 0 Å². The molecule has 1 aromatic rings. The van der Waals surface area contributed by atoms with Gasteiger partial charge in [0.2, 0.25) is 5.91 Å². The minimum absolute atomic E-state index is 0.212.